The van der Waals surface area contributed by atoms with Crippen LogP contribution in [0.1, 0.15) is 13.3 Å². The van der Waals surface area contributed by atoms with Gasteiger partial charge in [0.25, 0.3) is 0 Å². The molecule has 0 aliphatic carbocycles. The molecule has 6 nitrogen and oxygen atoms in total. The van der Waals surface area contributed by atoms with Gasteiger partial charge in [-0.05, 0) is 19.1 Å². The minimum Gasteiger partial charge on any atom is -0.480 e. The Hall–Kier alpha value is -0.950. The first-order valence-electron chi connectivity index (χ1n) is 5.56. The lowest BCUT2D eigenvalue weighted by atomic mass is 10.2. The maximum absolute atomic E-state index is 11.8. The molecule has 2 amide bonds. The number of nitrogens with zero attached hydrogens (tertiary/aromatic N) is 1. The van der Waals surface area contributed by atoms with Crippen molar-refractivity contribution in [3.63, 3.8) is 0 Å². The molecule has 0 saturated carbocycles. The van der Waals surface area contributed by atoms with Crippen LogP contribution in [0.25, 0.3) is 0 Å². The average molecular weight is 262 g/mol. The topological polar surface area (TPSA) is 89.9 Å². The summed E-state index contributed by atoms with van der Waals surface area (Å²) in [7, 11) is 0. The number of carbonyl (C=O) groups excluding carboxylic acids is 1. The van der Waals surface area contributed by atoms with E-state index in [1.165, 1.54) is 6.92 Å². The zero-order valence-electron chi connectivity index (χ0n) is 9.76. The monoisotopic (exact) mass is 262 g/mol. The fourth-order valence-corrected chi connectivity index (χ4v) is 2.45. The van der Waals surface area contributed by atoms with Gasteiger partial charge >= 0.3 is 12.0 Å². The number of aliphatic hydroxyl groups excluding tert-OH is 1. The fourth-order valence-electron chi connectivity index (χ4n) is 1.56. The number of hydrogen-bond acceptors (Lipinski definition) is 4. The first-order valence-corrected chi connectivity index (χ1v) is 6.72. The van der Waals surface area contributed by atoms with E-state index in [0.717, 1.165) is 17.9 Å². The highest BCUT2D eigenvalue weighted by Gasteiger charge is 2.27. The number of amides is 2. The van der Waals surface area contributed by atoms with Gasteiger partial charge in [-0.2, -0.15) is 11.8 Å². The molecule has 0 aromatic carbocycles. The highest BCUT2D eigenvalue weighted by molar-refractivity contribution is 7.99. The molecular weight excluding hydrogens is 244 g/mol. The quantitative estimate of drug-likeness (QED) is 0.664. The van der Waals surface area contributed by atoms with Crippen molar-refractivity contribution in [2.24, 2.45) is 0 Å². The lowest BCUT2D eigenvalue weighted by molar-refractivity contribution is -0.141. The summed E-state index contributed by atoms with van der Waals surface area (Å²) in [5.74, 6) is 0.653. The van der Waals surface area contributed by atoms with E-state index in [-0.39, 0.29) is 0 Å². The summed E-state index contributed by atoms with van der Waals surface area (Å²) in [5.41, 5.74) is 0. The average Bonchev–Trinajstić information content (AvgIpc) is 2.52. The first kappa shape index (κ1) is 14.1. The van der Waals surface area contributed by atoms with Crippen LogP contribution in [0.2, 0.25) is 0 Å². The van der Waals surface area contributed by atoms with Crippen molar-refractivity contribution in [1.29, 1.82) is 0 Å². The minimum atomic E-state index is -1.25. The maximum Gasteiger partial charge on any atom is 0.328 e. The minimum absolute atomic E-state index is 0.416. The Morgan fingerprint density at radius 2 is 2.06 bits per heavy atom. The van der Waals surface area contributed by atoms with Gasteiger partial charge in [-0.3, -0.25) is 0 Å². The Morgan fingerprint density at radius 1 is 1.35 bits per heavy atom. The second-order valence-electron chi connectivity index (χ2n) is 3.96. The molecule has 0 aromatic rings. The molecule has 0 radical (unpaired) electrons. The van der Waals surface area contributed by atoms with E-state index >= 15 is 0 Å². The fraction of sp³-hybridized carbons (Fsp3) is 0.800. The molecule has 98 valence electrons. The summed E-state index contributed by atoms with van der Waals surface area (Å²) < 4.78 is 0. The van der Waals surface area contributed by atoms with Gasteiger partial charge in [0, 0.05) is 18.8 Å². The van der Waals surface area contributed by atoms with E-state index < -0.39 is 24.1 Å². The third-order valence-corrected chi connectivity index (χ3v) is 3.59. The number of hydrogen-bond donors (Lipinski definition) is 3. The first-order chi connectivity index (χ1) is 8.02. The summed E-state index contributed by atoms with van der Waals surface area (Å²) >= 11 is 1.78. The molecule has 0 spiro atoms. The number of carboxylic acids is 1. The summed E-state index contributed by atoms with van der Waals surface area (Å²) in [4.78, 5) is 24.2. The zero-order chi connectivity index (χ0) is 12.8. The molecule has 1 heterocycles. The van der Waals surface area contributed by atoms with Crippen molar-refractivity contribution in [3.8, 4) is 0 Å². The summed E-state index contributed by atoms with van der Waals surface area (Å²) in [5, 5.41) is 20.5. The van der Waals surface area contributed by atoms with Crippen LogP contribution in [0.5, 0.6) is 0 Å². The normalized spacial score (nSPS) is 20.2. The van der Waals surface area contributed by atoms with Crippen LogP contribution in [0.3, 0.4) is 0 Å². The van der Waals surface area contributed by atoms with Gasteiger partial charge in [0.1, 0.15) is 0 Å². The number of carbonyl (C=O) groups is 2. The zero-order valence-corrected chi connectivity index (χ0v) is 10.6. The highest BCUT2D eigenvalue weighted by atomic mass is 32.2. The standard InChI is InChI=1S/C10H18N2O4S/c1-7(13)8(9(14)15)11-10(16)12-3-2-5-17-6-4-12/h7-8,13H,2-6H2,1H3,(H,11,16)(H,14,15)/t7-,8+/m1/s1. The van der Waals surface area contributed by atoms with Gasteiger partial charge < -0.3 is 20.4 Å². The van der Waals surface area contributed by atoms with Crippen LogP contribution >= 0.6 is 11.8 Å². The molecule has 3 N–H and O–H groups in total. The van der Waals surface area contributed by atoms with Gasteiger partial charge in [0.05, 0.1) is 6.10 Å². The van der Waals surface area contributed by atoms with Crippen LogP contribution in [-0.2, 0) is 4.79 Å². The van der Waals surface area contributed by atoms with E-state index in [0.29, 0.717) is 13.1 Å². The van der Waals surface area contributed by atoms with E-state index in [2.05, 4.69) is 5.32 Å². The number of thioether (sulfide) groups is 1. The molecular formula is C10H18N2O4S. The van der Waals surface area contributed by atoms with Crippen molar-refractivity contribution in [1.82, 2.24) is 10.2 Å². The van der Waals surface area contributed by atoms with Crippen LogP contribution in [0, 0.1) is 0 Å². The van der Waals surface area contributed by atoms with Crippen LogP contribution in [0.15, 0.2) is 0 Å². The molecule has 1 rings (SSSR count). The predicted molar refractivity (Wildman–Crippen MR) is 65.2 cm³/mol. The Balaban J connectivity index is 2.53. The number of aliphatic carboxylic acids is 1. The second kappa shape index (κ2) is 6.70. The lowest BCUT2D eigenvalue weighted by Crippen LogP contribution is -2.52. The lowest BCUT2D eigenvalue weighted by Gasteiger charge is -2.24. The molecule has 0 aromatic heterocycles. The van der Waals surface area contributed by atoms with Crippen molar-refractivity contribution < 1.29 is 19.8 Å². The van der Waals surface area contributed by atoms with E-state index in [9.17, 15) is 14.7 Å². The molecule has 1 saturated heterocycles. The number of carboxylic acid groups (broad SMARTS) is 1. The van der Waals surface area contributed by atoms with Gasteiger partial charge in [-0.15, -0.1) is 0 Å². The number of aliphatic hydroxyl groups is 1. The molecule has 1 aliphatic rings. The molecule has 7 heteroatoms. The highest BCUT2D eigenvalue weighted by Crippen LogP contribution is 2.10. The largest absolute Gasteiger partial charge is 0.480 e. The van der Waals surface area contributed by atoms with E-state index in [1.807, 2.05) is 0 Å². The molecule has 1 aliphatic heterocycles. The van der Waals surface area contributed by atoms with Crippen molar-refractivity contribution >= 4 is 23.8 Å². The summed E-state index contributed by atoms with van der Waals surface area (Å²) in [6.07, 6.45) is -0.206. The van der Waals surface area contributed by atoms with Gasteiger partial charge in [-0.1, -0.05) is 0 Å². The van der Waals surface area contributed by atoms with Crippen LogP contribution < -0.4 is 5.32 Å². The van der Waals surface area contributed by atoms with Crippen LogP contribution in [0.4, 0.5) is 4.79 Å². The number of nitrogens with one attached hydrogen (secondary N) is 1. The summed E-state index contributed by atoms with van der Waals surface area (Å²) in [6, 6.07) is -1.67. The maximum atomic E-state index is 11.8. The predicted octanol–water partition coefficient (Wildman–Crippen LogP) is -0.0311. The molecule has 1 fully saturated rings. The molecule has 0 unspecified atom stereocenters. The Kier molecular flexibility index (Phi) is 5.57. The van der Waals surface area contributed by atoms with Crippen LogP contribution in [-0.4, -0.2) is 63.9 Å². The van der Waals surface area contributed by atoms with Crippen molar-refractivity contribution in [2.45, 2.75) is 25.5 Å². The number of urea groups is 1. The number of rotatable bonds is 3. The smallest absolute Gasteiger partial charge is 0.328 e. The van der Waals surface area contributed by atoms with E-state index in [1.54, 1.807) is 16.7 Å². The van der Waals surface area contributed by atoms with Crippen molar-refractivity contribution in [3.05, 3.63) is 0 Å². The molecule has 0 bridgehead atoms. The van der Waals surface area contributed by atoms with E-state index in [4.69, 9.17) is 5.11 Å². The van der Waals surface area contributed by atoms with Crippen molar-refractivity contribution in [2.75, 3.05) is 24.6 Å². The third-order valence-electron chi connectivity index (χ3n) is 2.54. The Labute approximate surface area is 104 Å². The third kappa shape index (κ3) is 4.43. The van der Waals surface area contributed by atoms with Gasteiger partial charge in [0.15, 0.2) is 6.04 Å². The Morgan fingerprint density at radius 3 is 2.65 bits per heavy atom. The summed E-state index contributed by atoms with van der Waals surface area (Å²) in [6.45, 7) is 2.59. The van der Waals surface area contributed by atoms with Gasteiger partial charge in [-0.25, -0.2) is 9.59 Å². The SMILES string of the molecule is C[C@@H](O)[C@H](NC(=O)N1CCCSCC1)C(=O)O. The second-order valence-corrected chi connectivity index (χ2v) is 5.18. The molecule has 2 atom stereocenters. The molecule has 17 heavy (non-hydrogen) atoms. The Bertz CT molecular complexity index is 277. The van der Waals surface area contributed by atoms with Gasteiger partial charge in [0.2, 0.25) is 0 Å².